The molecule has 4 rings (SSSR count). The highest BCUT2D eigenvalue weighted by Gasteiger charge is 2.11. The van der Waals surface area contributed by atoms with Crippen LogP contribution in [0, 0.1) is 0 Å². The number of hydrogen-bond acceptors (Lipinski definition) is 3. The Kier molecular flexibility index (Phi) is 5.14. The molecule has 0 saturated carbocycles. The van der Waals surface area contributed by atoms with Crippen LogP contribution in [0.15, 0.2) is 54.7 Å². The first kappa shape index (κ1) is 17.3. The Bertz CT molecular complexity index is 935. The molecule has 140 valence electrons. The Morgan fingerprint density at radius 3 is 2.78 bits per heavy atom. The van der Waals surface area contributed by atoms with E-state index in [9.17, 15) is 4.79 Å². The average molecular weight is 365 g/mol. The van der Waals surface area contributed by atoms with Gasteiger partial charge in [-0.15, -0.1) is 0 Å². The quantitative estimate of drug-likeness (QED) is 0.659. The summed E-state index contributed by atoms with van der Waals surface area (Å²) >= 11 is 0. The summed E-state index contributed by atoms with van der Waals surface area (Å²) in [7, 11) is 0. The van der Waals surface area contributed by atoms with Gasteiger partial charge in [-0.1, -0.05) is 24.3 Å². The Morgan fingerprint density at radius 2 is 1.85 bits per heavy atom. The molecule has 0 bridgehead atoms. The molecule has 1 aromatic heterocycles. The maximum atomic E-state index is 12.0. The highest BCUT2D eigenvalue weighted by Crippen LogP contribution is 2.30. The average Bonchev–Trinajstić information content (AvgIpc) is 3.13. The number of benzene rings is 2. The molecular formula is C21H23N3O3. The van der Waals surface area contributed by atoms with Crippen molar-refractivity contribution in [3.05, 3.63) is 60.3 Å². The summed E-state index contributed by atoms with van der Waals surface area (Å²) in [6.07, 6.45) is 2.96. The second kappa shape index (κ2) is 8.03. The van der Waals surface area contributed by atoms with Gasteiger partial charge in [0.25, 0.3) is 0 Å². The highest BCUT2D eigenvalue weighted by atomic mass is 16.6. The van der Waals surface area contributed by atoms with Gasteiger partial charge in [-0.3, -0.25) is 0 Å². The van der Waals surface area contributed by atoms with Crippen LogP contribution in [0.5, 0.6) is 11.5 Å². The molecule has 0 radical (unpaired) electrons. The largest absolute Gasteiger partial charge is 0.486 e. The molecule has 27 heavy (non-hydrogen) atoms. The van der Waals surface area contributed by atoms with Crippen molar-refractivity contribution in [3.8, 4) is 11.5 Å². The van der Waals surface area contributed by atoms with E-state index in [1.54, 1.807) is 0 Å². The van der Waals surface area contributed by atoms with Crippen LogP contribution in [0.3, 0.4) is 0 Å². The van der Waals surface area contributed by atoms with Crippen molar-refractivity contribution in [2.75, 3.05) is 19.8 Å². The summed E-state index contributed by atoms with van der Waals surface area (Å²) in [4.78, 5) is 12.0. The van der Waals surface area contributed by atoms with Crippen LogP contribution in [0.1, 0.15) is 12.0 Å². The predicted octanol–water partition coefficient (Wildman–Crippen LogP) is 3.30. The van der Waals surface area contributed by atoms with Gasteiger partial charge in [-0.25, -0.2) is 4.79 Å². The summed E-state index contributed by atoms with van der Waals surface area (Å²) in [5.74, 6) is 1.49. The number of aryl methyl sites for hydroxylation is 1. The van der Waals surface area contributed by atoms with E-state index >= 15 is 0 Å². The predicted molar refractivity (Wildman–Crippen MR) is 104 cm³/mol. The van der Waals surface area contributed by atoms with E-state index in [0.717, 1.165) is 30.0 Å². The number of aromatic nitrogens is 1. The van der Waals surface area contributed by atoms with Gasteiger partial charge in [0.2, 0.25) is 0 Å². The molecule has 0 spiro atoms. The number of rotatable bonds is 6. The standard InChI is InChI=1S/C21H23N3O3/c25-21(23-15-16-6-7-19-20(14-16)27-13-12-26-19)22-9-3-10-24-11-8-17-4-1-2-5-18(17)24/h1-2,4-8,11,14H,3,9-10,12-13,15H2,(H2,22,23,25). The van der Waals surface area contributed by atoms with E-state index in [1.165, 1.54) is 10.9 Å². The third-order valence-corrected chi connectivity index (χ3v) is 4.60. The molecular weight excluding hydrogens is 342 g/mol. The lowest BCUT2D eigenvalue weighted by molar-refractivity contribution is 0.171. The number of para-hydroxylation sites is 1. The summed E-state index contributed by atoms with van der Waals surface area (Å²) < 4.78 is 13.3. The minimum absolute atomic E-state index is 0.165. The third kappa shape index (κ3) is 4.16. The van der Waals surface area contributed by atoms with Crippen LogP contribution in [0.25, 0.3) is 10.9 Å². The minimum Gasteiger partial charge on any atom is -0.486 e. The first-order valence-electron chi connectivity index (χ1n) is 9.24. The second-order valence-corrected chi connectivity index (χ2v) is 6.51. The topological polar surface area (TPSA) is 64.5 Å². The Labute approximate surface area is 158 Å². The van der Waals surface area contributed by atoms with Crippen molar-refractivity contribution >= 4 is 16.9 Å². The Balaban J connectivity index is 1.20. The number of amides is 2. The van der Waals surface area contributed by atoms with Gasteiger partial charge in [0.15, 0.2) is 11.5 Å². The van der Waals surface area contributed by atoms with Gasteiger partial charge in [-0.2, -0.15) is 0 Å². The molecule has 6 nitrogen and oxygen atoms in total. The molecule has 0 atom stereocenters. The normalized spacial score (nSPS) is 12.7. The van der Waals surface area contributed by atoms with Gasteiger partial charge >= 0.3 is 6.03 Å². The lowest BCUT2D eigenvalue weighted by Gasteiger charge is -2.19. The zero-order chi connectivity index (χ0) is 18.5. The van der Waals surface area contributed by atoms with E-state index in [1.807, 2.05) is 30.3 Å². The van der Waals surface area contributed by atoms with E-state index in [-0.39, 0.29) is 6.03 Å². The number of carbonyl (C=O) groups excluding carboxylic acids is 1. The Morgan fingerprint density at radius 1 is 1.00 bits per heavy atom. The number of carbonyl (C=O) groups is 1. The van der Waals surface area contributed by atoms with Crippen molar-refractivity contribution in [1.29, 1.82) is 0 Å². The summed E-state index contributed by atoms with van der Waals surface area (Å²) in [5, 5.41) is 7.02. The van der Waals surface area contributed by atoms with Crippen LogP contribution in [-0.2, 0) is 13.1 Å². The fourth-order valence-corrected chi connectivity index (χ4v) is 3.23. The zero-order valence-electron chi connectivity index (χ0n) is 15.1. The SMILES string of the molecule is O=C(NCCCn1ccc2ccccc21)NCc1ccc2c(c1)OCCO2. The molecule has 2 amide bonds. The van der Waals surface area contributed by atoms with Crippen LogP contribution in [-0.4, -0.2) is 30.4 Å². The molecule has 2 aromatic carbocycles. The maximum absolute atomic E-state index is 12.0. The molecule has 1 aliphatic rings. The minimum atomic E-state index is -0.165. The lowest BCUT2D eigenvalue weighted by Crippen LogP contribution is -2.35. The molecule has 0 unspecified atom stereocenters. The zero-order valence-corrected chi connectivity index (χ0v) is 15.1. The third-order valence-electron chi connectivity index (χ3n) is 4.60. The summed E-state index contributed by atoms with van der Waals surface area (Å²) in [5.41, 5.74) is 2.20. The van der Waals surface area contributed by atoms with E-state index < -0.39 is 0 Å². The smallest absolute Gasteiger partial charge is 0.315 e. The van der Waals surface area contributed by atoms with Crippen LogP contribution in [0.4, 0.5) is 4.79 Å². The fourth-order valence-electron chi connectivity index (χ4n) is 3.23. The number of ether oxygens (including phenoxy) is 2. The summed E-state index contributed by atoms with van der Waals surface area (Å²) in [6, 6.07) is 16.0. The second-order valence-electron chi connectivity index (χ2n) is 6.51. The Hall–Kier alpha value is -3.15. The monoisotopic (exact) mass is 365 g/mol. The van der Waals surface area contributed by atoms with E-state index in [4.69, 9.17) is 9.47 Å². The van der Waals surface area contributed by atoms with E-state index in [0.29, 0.717) is 26.3 Å². The first-order valence-corrected chi connectivity index (χ1v) is 9.24. The molecule has 3 aromatic rings. The number of fused-ring (bicyclic) bond motifs is 2. The highest BCUT2D eigenvalue weighted by molar-refractivity contribution is 5.79. The van der Waals surface area contributed by atoms with Crippen molar-refractivity contribution in [2.45, 2.75) is 19.5 Å². The van der Waals surface area contributed by atoms with Gasteiger partial charge < -0.3 is 24.7 Å². The number of hydrogen-bond donors (Lipinski definition) is 2. The molecule has 2 N–H and O–H groups in total. The lowest BCUT2D eigenvalue weighted by atomic mass is 10.2. The van der Waals surface area contributed by atoms with Crippen molar-refractivity contribution in [2.24, 2.45) is 0 Å². The van der Waals surface area contributed by atoms with E-state index in [2.05, 4.69) is 39.6 Å². The molecule has 1 aliphatic heterocycles. The van der Waals surface area contributed by atoms with Gasteiger partial charge in [0.1, 0.15) is 13.2 Å². The van der Waals surface area contributed by atoms with Crippen LogP contribution >= 0.6 is 0 Å². The van der Waals surface area contributed by atoms with Gasteiger partial charge in [0, 0.05) is 31.3 Å². The molecule has 6 heteroatoms. The molecule has 0 fully saturated rings. The summed E-state index contributed by atoms with van der Waals surface area (Å²) in [6.45, 7) is 3.08. The first-order chi connectivity index (χ1) is 13.3. The fraction of sp³-hybridized carbons (Fsp3) is 0.286. The van der Waals surface area contributed by atoms with Crippen LogP contribution < -0.4 is 20.1 Å². The maximum Gasteiger partial charge on any atom is 0.315 e. The van der Waals surface area contributed by atoms with Gasteiger partial charge in [-0.05, 0) is 41.6 Å². The van der Waals surface area contributed by atoms with Crippen molar-refractivity contribution in [1.82, 2.24) is 15.2 Å². The number of nitrogens with one attached hydrogen (secondary N) is 2. The van der Waals surface area contributed by atoms with Crippen molar-refractivity contribution < 1.29 is 14.3 Å². The molecule has 0 saturated heterocycles. The number of urea groups is 1. The van der Waals surface area contributed by atoms with Gasteiger partial charge in [0.05, 0.1) is 0 Å². The van der Waals surface area contributed by atoms with Crippen LogP contribution in [0.2, 0.25) is 0 Å². The van der Waals surface area contributed by atoms with Crippen molar-refractivity contribution in [3.63, 3.8) is 0 Å². The molecule has 0 aliphatic carbocycles. The number of nitrogens with zero attached hydrogens (tertiary/aromatic N) is 1. The molecule has 2 heterocycles.